The van der Waals surface area contributed by atoms with E-state index in [2.05, 4.69) is 15.6 Å². The summed E-state index contributed by atoms with van der Waals surface area (Å²) in [7, 11) is 0. The molecule has 2 fully saturated rings. The third kappa shape index (κ3) is 2.92. The van der Waals surface area contributed by atoms with Gasteiger partial charge in [0.05, 0.1) is 11.0 Å². The molecule has 1 aliphatic heterocycles. The number of carbonyl (C=O) groups is 1. The van der Waals surface area contributed by atoms with Gasteiger partial charge in [0.1, 0.15) is 0 Å². The maximum atomic E-state index is 12.8. The minimum Gasteiger partial charge on any atom is -0.351 e. The van der Waals surface area contributed by atoms with Crippen molar-refractivity contribution in [1.29, 1.82) is 0 Å². The van der Waals surface area contributed by atoms with Crippen molar-refractivity contribution in [3.63, 3.8) is 0 Å². The summed E-state index contributed by atoms with van der Waals surface area (Å²) in [5.74, 6) is 0.0268. The van der Waals surface area contributed by atoms with Crippen LogP contribution in [0.5, 0.6) is 0 Å². The number of rotatable bonds is 4. The van der Waals surface area contributed by atoms with Crippen LogP contribution in [0.25, 0.3) is 0 Å². The smallest absolute Gasteiger partial charge is 0.328 e. The Morgan fingerprint density at radius 2 is 2.17 bits per heavy atom. The summed E-state index contributed by atoms with van der Waals surface area (Å²) >= 11 is 0. The lowest BCUT2D eigenvalue weighted by Gasteiger charge is -2.37. The first-order valence-corrected chi connectivity index (χ1v) is 8.80. The molecule has 3 N–H and O–H groups in total. The zero-order chi connectivity index (χ0) is 17.3. The molecular formula is C17H26N4O3. The number of amides is 1. The quantitative estimate of drug-likeness (QED) is 0.753. The van der Waals surface area contributed by atoms with Crippen molar-refractivity contribution >= 4 is 5.91 Å². The molecule has 1 aliphatic carbocycles. The van der Waals surface area contributed by atoms with Gasteiger partial charge < -0.3 is 10.6 Å². The van der Waals surface area contributed by atoms with Crippen LogP contribution in [0.3, 0.4) is 0 Å². The van der Waals surface area contributed by atoms with Gasteiger partial charge in [-0.2, -0.15) is 0 Å². The van der Waals surface area contributed by atoms with Gasteiger partial charge in [-0.3, -0.25) is 19.1 Å². The molecule has 2 heterocycles. The van der Waals surface area contributed by atoms with Gasteiger partial charge >= 0.3 is 5.69 Å². The Labute approximate surface area is 140 Å². The van der Waals surface area contributed by atoms with Gasteiger partial charge in [0.2, 0.25) is 5.91 Å². The van der Waals surface area contributed by atoms with Gasteiger partial charge in [-0.25, -0.2) is 4.79 Å². The van der Waals surface area contributed by atoms with E-state index in [9.17, 15) is 14.4 Å². The third-order valence-electron chi connectivity index (χ3n) is 5.48. The highest BCUT2D eigenvalue weighted by molar-refractivity contribution is 5.84. The lowest BCUT2D eigenvalue weighted by molar-refractivity contribution is -0.133. The molecule has 0 unspecified atom stereocenters. The number of H-pyrrole nitrogens is 1. The first-order chi connectivity index (χ1) is 11.4. The summed E-state index contributed by atoms with van der Waals surface area (Å²) in [5.41, 5.74) is -0.779. The Kier molecular flexibility index (Phi) is 4.62. The summed E-state index contributed by atoms with van der Waals surface area (Å²) in [6.45, 7) is 4.77. The van der Waals surface area contributed by atoms with Crippen molar-refractivity contribution in [2.24, 2.45) is 5.41 Å². The van der Waals surface area contributed by atoms with E-state index in [0.29, 0.717) is 5.56 Å². The number of hydrogen-bond acceptors (Lipinski definition) is 4. The van der Waals surface area contributed by atoms with Gasteiger partial charge in [0.15, 0.2) is 0 Å². The summed E-state index contributed by atoms with van der Waals surface area (Å²) < 4.78 is 1.47. The molecule has 7 nitrogen and oxygen atoms in total. The highest BCUT2D eigenvalue weighted by Gasteiger charge is 2.49. The number of nitrogens with zero attached hydrogens (tertiary/aromatic N) is 1. The molecule has 1 amide bonds. The van der Waals surface area contributed by atoms with Crippen LogP contribution in [0.1, 0.15) is 57.6 Å². The number of carbonyl (C=O) groups excluding carboxylic acids is 1. The number of aromatic nitrogens is 2. The molecule has 1 aromatic heterocycles. The molecule has 7 heteroatoms. The van der Waals surface area contributed by atoms with E-state index in [4.69, 9.17) is 0 Å². The van der Waals surface area contributed by atoms with Crippen molar-refractivity contribution in [3.05, 3.63) is 32.6 Å². The Hall–Kier alpha value is -1.89. The predicted molar refractivity (Wildman–Crippen MR) is 90.9 cm³/mol. The molecule has 1 saturated carbocycles. The van der Waals surface area contributed by atoms with Crippen LogP contribution in [0.2, 0.25) is 0 Å². The SMILES string of the molecule is CC(C)n1cc(CNC(=O)[C@@]23CCCC[C@@H]2NCC3)c(=O)[nH]c1=O. The van der Waals surface area contributed by atoms with Crippen LogP contribution in [-0.2, 0) is 11.3 Å². The lowest BCUT2D eigenvalue weighted by Crippen LogP contribution is -2.50. The van der Waals surface area contributed by atoms with E-state index in [1.54, 1.807) is 6.20 Å². The lowest BCUT2D eigenvalue weighted by atomic mass is 9.70. The molecule has 2 aliphatic rings. The Morgan fingerprint density at radius 1 is 1.38 bits per heavy atom. The normalized spacial score (nSPS) is 26.4. The van der Waals surface area contributed by atoms with E-state index < -0.39 is 11.2 Å². The minimum atomic E-state index is -0.431. The van der Waals surface area contributed by atoms with Gasteiger partial charge in [-0.05, 0) is 39.7 Å². The predicted octanol–water partition coefficient (Wildman–Crippen LogP) is 0.656. The van der Waals surface area contributed by atoms with Crippen LogP contribution in [0.15, 0.2) is 15.8 Å². The Balaban J connectivity index is 1.76. The van der Waals surface area contributed by atoms with Crippen LogP contribution in [-0.4, -0.2) is 28.0 Å². The van der Waals surface area contributed by atoms with E-state index in [1.807, 2.05) is 13.8 Å². The van der Waals surface area contributed by atoms with E-state index in [-0.39, 0.29) is 30.0 Å². The molecular weight excluding hydrogens is 308 g/mol. The third-order valence-corrected chi connectivity index (χ3v) is 5.48. The Morgan fingerprint density at radius 3 is 2.92 bits per heavy atom. The van der Waals surface area contributed by atoms with Gasteiger partial charge in [-0.15, -0.1) is 0 Å². The molecule has 1 saturated heterocycles. The van der Waals surface area contributed by atoms with Crippen molar-refractivity contribution in [3.8, 4) is 0 Å². The highest BCUT2D eigenvalue weighted by Crippen LogP contribution is 2.42. The van der Waals surface area contributed by atoms with Crippen LogP contribution < -0.4 is 21.9 Å². The maximum Gasteiger partial charge on any atom is 0.328 e. The van der Waals surface area contributed by atoms with Gasteiger partial charge in [0, 0.05) is 24.8 Å². The zero-order valence-electron chi connectivity index (χ0n) is 14.4. The molecule has 2 atom stereocenters. The first-order valence-electron chi connectivity index (χ1n) is 8.80. The molecule has 0 aromatic carbocycles. The molecule has 0 radical (unpaired) electrons. The van der Waals surface area contributed by atoms with Crippen LogP contribution in [0.4, 0.5) is 0 Å². The average Bonchev–Trinajstić information content (AvgIpc) is 2.98. The highest BCUT2D eigenvalue weighted by atomic mass is 16.2. The largest absolute Gasteiger partial charge is 0.351 e. The van der Waals surface area contributed by atoms with Crippen molar-refractivity contribution in [2.75, 3.05) is 6.54 Å². The molecule has 0 bridgehead atoms. The Bertz CT molecular complexity index is 736. The zero-order valence-corrected chi connectivity index (χ0v) is 14.4. The van der Waals surface area contributed by atoms with Crippen LogP contribution in [0, 0.1) is 5.41 Å². The van der Waals surface area contributed by atoms with E-state index in [0.717, 1.165) is 38.6 Å². The number of hydrogen-bond donors (Lipinski definition) is 3. The second-order valence-corrected chi connectivity index (χ2v) is 7.26. The first kappa shape index (κ1) is 17.0. The topological polar surface area (TPSA) is 96.0 Å². The number of aromatic amines is 1. The standard InChI is InChI=1S/C17H26N4O3/c1-11(2)21-10-12(14(22)20-16(21)24)9-19-15(23)17-6-4-3-5-13(17)18-8-7-17/h10-11,13,18H,3-9H2,1-2H3,(H,19,23)(H,20,22,24)/t13-,17+/m0/s1. The number of nitrogens with one attached hydrogen (secondary N) is 3. The number of fused-ring (bicyclic) bond motifs is 1. The second kappa shape index (κ2) is 6.55. The molecule has 1 aromatic rings. The minimum absolute atomic E-state index is 0.0268. The summed E-state index contributed by atoms with van der Waals surface area (Å²) in [6, 6.07) is 0.193. The molecule has 0 spiro atoms. The van der Waals surface area contributed by atoms with Gasteiger partial charge in [-0.1, -0.05) is 12.8 Å². The summed E-state index contributed by atoms with van der Waals surface area (Å²) in [6.07, 6.45) is 6.57. The fraction of sp³-hybridized carbons (Fsp3) is 0.706. The fourth-order valence-electron chi connectivity index (χ4n) is 4.08. The summed E-state index contributed by atoms with van der Waals surface area (Å²) in [5, 5.41) is 6.39. The molecule has 3 rings (SSSR count). The van der Waals surface area contributed by atoms with Crippen molar-refractivity contribution in [1.82, 2.24) is 20.2 Å². The molecule has 132 valence electrons. The second-order valence-electron chi connectivity index (χ2n) is 7.26. The van der Waals surface area contributed by atoms with Crippen molar-refractivity contribution < 1.29 is 4.79 Å². The fourth-order valence-corrected chi connectivity index (χ4v) is 4.08. The van der Waals surface area contributed by atoms with Crippen LogP contribution >= 0.6 is 0 Å². The maximum absolute atomic E-state index is 12.8. The monoisotopic (exact) mass is 334 g/mol. The van der Waals surface area contributed by atoms with Gasteiger partial charge in [0.25, 0.3) is 5.56 Å². The molecule has 24 heavy (non-hydrogen) atoms. The average molecular weight is 334 g/mol. The summed E-state index contributed by atoms with van der Waals surface area (Å²) in [4.78, 5) is 38.9. The van der Waals surface area contributed by atoms with E-state index >= 15 is 0 Å². The van der Waals surface area contributed by atoms with Crippen molar-refractivity contribution in [2.45, 2.75) is 64.6 Å². The van der Waals surface area contributed by atoms with E-state index in [1.165, 1.54) is 4.57 Å².